The molecule has 0 aromatic rings. The monoisotopic (exact) mass is 334 g/mol. The van der Waals surface area contributed by atoms with Crippen molar-refractivity contribution in [2.45, 2.75) is 39.9 Å². The van der Waals surface area contributed by atoms with E-state index in [1.165, 1.54) is 0 Å². The zero-order valence-corrected chi connectivity index (χ0v) is 14.9. The summed E-state index contributed by atoms with van der Waals surface area (Å²) in [5, 5.41) is 24.0. The van der Waals surface area contributed by atoms with Crippen LogP contribution in [0.3, 0.4) is 0 Å². The smallest absolute Gasteiger partial charge is 0.243 e. The van der Waals surface area contributed by atoms with E-state index >= 15 is 0 Å². The third-order valence-corrected chi connectivity index (χ3v) is 4.79. The number of allylic oxidation sites excluding steroid dienone is 1. The number of thioether (sulfide) groups is 1. The molecule has 0 aliphatic carbocycles. The quantitative estimate of drug-likeness (QED) is 0.799. The molecule has 0 saturated carbocycles. The molecule has 0 spiro atoms. The van der Waals surface area contributed by atoms with Crippen LogP contribution in [0.4, 0.5) is 0 Å². The van der Waals surface area contributed by atoms with Crippen LogP contribution in [0.25, 0.3) is 0 Å². The Morgan fingerprint density at radius 1 is 1.39 bits per heavy atom. The molecule has 1 aliphatic heterocycles. The van der Waals surface area contributed by atoms with Crippen molar-refractivity contribution in [2.24, 2.45) is 17.3 Å². The van der Waals surface area contributed by atoms with Crippen molar-refractivity contribution in [1.29, 1.82) is 10.5 Å². The largest absolute Gasteiger partial charge is 0.355 e. The number of amides is 2. The van der Waals surface area contributed by atoms with Gasteiger partial charge in [-0.05, 0) is 12.8 Å². The second-order valence-corrected chi connectivity index (χ2v) is 7.84. The van der Waals surface area contributed by atoms with E-state index in [0.717, 1.165) is 11.8 Å². The lowest BCUT2D eigenvalue weighted by Crippen LogP contribution is -2.45. The van der Waals surface area contributed by atoms with Crippen LogP contribution in [0.15, 0.2) is 10.6 Å². The van der Waals surface area contributed by atoms with E-state index in [9.17, 15) is 20.1 Å². The van der Waals surface area contributed by atoms with Gasteiger partial charge in [-0.2, -0.15) is 10.5 Å². The van der Waals surface area contributed by atoms with Gasteiger partial charge >= 0.3 is 0 Å². The molecule has 0 saturated heterocycles. The van der Waals surface area contributed by atoms with Crippen molar-refractivity contribution in [3.63, 3.8) is 0 Å². The lowest BCUT2D eigenvalue weighted by Gasteiger charge is -2.35. The summed E-state index contributed by atoms with van der Waals surface area (Å²) in [5.74, 6) is -1.17. The number of carbonyl (C=O) groups excluding carboxylic acids is 2. The minimum atomic E-state index is -0.924. The first-order chi connectivity index (χ1) is 10.6. The molecule has 2 atom stereocenters. The maximum Gasteiger partial charge on any atom is 0.243 e. The van der Waals surface area contributed by atoms with E-state index in [2.05, 4.69) is 16.7 Å². The Bertz CT molecular complexity index is 611. The zero-order valence-electron chi connectivity index (χ0n) is 14.1. The van der Waals surface area contributed by atoms with Crippen LogP contribution in [-0.4, -0.2) is 23.6 Å². The van der Waals surface area contributed by atoms with E-state index in [4.69, 9.17) is 0 Å². The maximum absolute atomic E-state index is 12.1. The molecule has 2 amide bonds. The average Bonchev–Trinajstić information content (AvgIpc) is 2.44. The third-order valence-electron chi connectivity index (χ3n) is 3.68. The molecule has 1 heterocycles. The summed E-state index contributed by atoms with van der Waals surface area (Å²) >= 11 is 1.14. The van der Waals surface area contributed by atoms with E-state index in [0.29, 0.717) is 23.1 Å². The molecule has 124 valence electrons. The second kappa shape index (κ2) is 7.52. The lowest BCUT2D eigenvalue weighted by atomic mass is 9.72. The lowest BCUT2D eigenvalue weighted by molar-refractivity contribution is -0.125. The summed E-state index contributed by atoms with van der Waals surface area (Å²) in [7, 11) is 0. The number of rotatable bonds is 5. The second-order valence-electron chi connectivity index (χ2n) is 6.49. The SMILES string of the molecule is CC(C)CNC(=O)[C@@H](C)SC1=C(C#N)C(C)(C)[C@@H](C#N)C(=O)N1. The predicted octanol–water partition coefficient (Wildman–Crippen LogP) is 1.91. The maximum atomic E-state index is 12.1. The van der Waals surface area contributed by atoms with Gasteiger partial charge in [-0.3, -0.25) is 9.59 Å². The minimum Gasteiger partial charge on any atom is -0.355 e. The van der Waals surface area contributed by atoms with Crippen LogP contribution in [0.1, 0.15) is 34.6 Å². The van der Waals surface area contributed by atoms with Crippen molar-refractivity contribution < 1.29 is 9.59 Å². The zero-order chi connectivity index (χ0) is 17.8. The highest BCUT2D eigenvalue weighted by atomic mass is 32.2. The Hall–Kier alpha value is -1.99. The molecule has 23 heavy (non-hydrogen) atoms. The summed E-state index contributed by atoms with van der Waals surface area (Å²) in [6.45, 7) is 9.69. The summed E-state index contributed by atoms with van der Waals surface area (Å²) in [5.41, 5.74) is -0.556. The molecule has 1 rings (SSSR count). The van der Waals surface area contributed by atoms with Crippen LogP contribution in [0.5, 0.6) is 0 Å². The standard InChI is InChI=1S/C16H22N4O2S/c1-9(2)8-19-13(21)10(3)23-15-12(7-18)16(4,5)11(6-17)14(22)20-15/h9-11H,8H2,1-5H3,(H,19,21)(H,20,22)/t10-,11+/m1/s1. The number of carbonyl (C=O) groups is 2. The number of hydrogen-bond donors (Lipinski definition) is 2. The molecule has 6 nitrogen and oxygen atoms in total. The Morgan fingerprint density at radius 2 is 2.00 bits per heavy atom. The molecule has 7 heteroatoms. The van der Waals surface area contributed by atoms with Crippen molar-refractivity contribution in [2.75, 3.05) is 6.54 Å². The summed E-state index contributed by atoms with van der Waals surface area (Å²) < 4.78 is 0. The van der Waals surface area contributed by atoms with Crippen molar-refractivity contribution in [3.05, 3.63) is 10.6 Å². The first-order valence-electron chi connectivity index (χ1n) is 7.44. The van der Waals surface area contributed by atoms with Crippen LogP contribution < -0.4 is 10.6 Å². The Kier molecular flexibility index (Phi) is 6.23. The Labute approximate surface area is 141 Å². The van der Waals surface area contributed by atoms with Crippen molar-refractivity contribution in [3.8, 4) is 12.1 Å². The Morgan fingerprint density at radius 3 is 2.48 bits per heavy atom. The highest BCUT2D eigenvalue weighted by molar-refractivity contribution is 8.04. The number of nitrogens with one attached hydrogen (secondary N) is 2. The molecular formula is C16H22N4O2S. The number of hydrogen-bond acceptors (Lipinski definition) is 5. The van der Waals surface area contributed by atoms with Gasteiger partial charge in [-0.25, -0.2) is 0 Å². The van der Waals surface area contributed by atoms with Crippen molar-refractivity contribution in [1.82, 2.24) is 10.6 Å². The van der Waals surface area contributed by atoms with Gasteiger partial charge in [0, 0.05) is 12.0 Å². The third kappa shape index (κ3) is 4.27. The normalized spacial score (nSPS) is 21.2. The van der Waals surface area contributed by atoms with Gasteiger partial charge in [0.15, 0.2) is 0 Å². The summed E-state index contributed by atoms with van der Waals surface area (Å²) in [6.07, 6.45) is 0. The number of nitriles is 2. The molecule has 2 N–H and O–H groups in total. The van der Waals surface area contributed by atoms with Crippen LogP contribution in [0.2, 0.25) is 0 Å². The van der Waals surface area contributed by atoms with Gasteiger partial charge in [0.2, 0.25) is 11.8 Å². The fraction of sp³-hybridized carbons (Fsp3) is 0.625. The van der Waals surface area contributed by atoms with Crippen molar-refractivity contribution >= 4 is 23.6 Å². The molecule has 0 radical (unpaired) electrons. The predicted molar refractivity (Wildman–Crippen MR) is 88.6 cm³/mol. The minimum absolute atomic E-state index is 0.150. The van der Waals surface area contributed by atoms with Gasteiger partial charge < -0.3 is 10.6 Å². The van der Waals surface area contributed by atoms with E-state index in [1.807, 2.05) is 19.9 Å². The average molecular weight is 334 g/mol. The van der Waals surface area contributed by atoms with E-state index in [1.54, 1.807) is 20.8 Å². The highest BCUT2D eigenvalue weighted by Crippen LogP contribution is 2.42. The topological polar surface area (TPSA) is 106 Å². The van der Waals surface area contributed by atoms with Gasteiger partial charge in [-0.15, -0.1) is 0 Å². The molecular weight excluding hydrogens is 312 g/mol. The first-order valence-corrected chi connectivity index (χ1v) is 8.32. The number of nitrogens with zero attached hydrogens (tertiary/aromatic N) is 2. The van der Waals surface area contributed by atoms with Gasteiger partial charge in [0.25, 0.3) is 0 Å². The summed E-state index contributed by atoms with van der Waals surface area (Å²) in [6, 6.07) is 4.04. The molecule has 0 aromatic carbocycles. The fourth-order valence-electron chi connectivity index (χ4n) is 2.19. The van der Waals surface area contributed by atoms with Gasteiger partial charge in [0.1, 0.15) is 5.92 Å². The molecule has 0 unspecified atom stereocenters. The molecule has 1 aliphatic rings. The van der Waals surface area contributed by atoms with E-state index in [-0.39, 0.29) is 5.91 Å². The molecule has 0 aromatic heterocycles. The molecule has 0 fully saturated rings. The molecule has 0 bridgehead atoms. The highest BCUT2D eigenvalue weighted by Gasteiger charge is 2.45. The van der Waals surface area contributed by atoms with Gasteiger partial charge in [-0.1, -0.05) is 39.5 Å². The Balaban J connectivity index is 3.00. The van der Waals surface area contributed by atoms with Crippen LogP contribution in [-0.2, 0) is 9.59 Å². The van der Waals surface area contributed by atoms with E-state index < -0.39 is 22.5 Å². The first kappa shape index (κ1) is 19.1. The van der Waals surface area contributed by atoms with Gasteiger partial charge in [0.05, 0.1) is 28.0 Å². The van der Waals surface area contributed by atoms with Crippen LogP contribution in [0, 0.1) is 39.9 Å². The van der Waals surface area contributed by atoms with Crippen LogP contribution >= 0.6 is 11.8 Å². The summed E-state index contributed by atoms with van der Waals surface area (Å²) in [4.78, 5) is 24.2. The fourth-order valence-corrected chi connectivity index (χ4v) is 3.32.